The second kappa shape index (κ2) is 10.8. The monoisotopic (exact) mass is 604 g/mol. The van der Waals surface area contributed by atoms with E-state index in [2.05, 4.69) is 31.9 Å². The number of benzene rings is 2. The highest BCUT2D eigenvalue weighted by Gasteiger charge is 2.40. The van der Waals surface area contributed by atoms with Gasteiger partial charge in [0.1, 0.15) is 34.4 Å². The minimum atomic E-state index is -5.17. The number of ketones is 2. The molecule has 0 aliphatic rings. The van der Waals surface area contributed by atoms with Crippen molar-refractivity contribution < 1.29 is 53.5 Å². The van der Waals surface area contributed by atoms with Crippen LogP contribution in [0.5, 0.6) is 0 Å². The van der Waals surface area contributed by atoms with Crippen LogP contribution in [0.3, 0.4) is 0 Å². The van der Waals surface area contributed by atoms with E-state index in [1.54, 1.807) is 0 Å². The van der Waals surface area contributed by atoms with Gasteiger partial charge >= 0.3 is 12.4 Å². The molecular formula is C18H8Br2F10O2. The summed E-state index contributed by atoms with van der Waals surface area (Å²) >= 11 is 5.38. The van der Waals surface area contributed by atoms with Crippen molar-refractivity contribution in [3.05, 3.63) is 69.8 Å². The molecule has 14 heteroatoms. The van der Waals surface area contributed by atoms with Crippen LogP contribution in [0.4, 0.5) is 43.9 Å². The molecule has 0 unspecified atom stereocenters. The van der Waals surface area contributed by atoms with Gasteiger partial charge in [-0.3, -0.25) is 9.59 Å². The average Bonchev–Trinajstić information content (AvgIpc) is 2.65. The van der Waals surface area contributed by atoms with E-state index in [1.807, 2.05) is 0 Å². The molecule has 2 aromatic carbocycles. The summed E-state index contributed by atoms with van der Waals surface area (Å²) < 4.78 is 126. The fourth-order valence-electron chi connectivity index (χ4n) is 2.20. The number of Topliss-reactive ketones (excluding diaryl/α,β-unsaturated/α-hetero) is 2. The number of carbonyl (C=O) groups is 2. The highest BCUT2D eigenvalue weighted by atomic mass is 79.9. The third-order valence-electron chi connectivity index (χ3n) is 3.59. The van der Waals surface area contributed by atoms with E-state index in [1.165, 1.54) is 0 Å². The van der Waals surface area contributed by atoms with Gasteiger partial charge in [-0.2, -0.15) is 26.3 Å². The van der Waals surface area contributed by atoms with Crippen LogP contribution in [0.15, 0.2) is 24.3 Å². The van der Waals surface area contributed by atoms with Gasteiger partial charge in [0, 0.05) is 0 Å². The van der Waals surface area contributed by atoms with Gasteiger partial charge in [-0.1, -0.05) is 31.9 Å². The summed E-state index contributed by atoms with van der Waals surface area (Å²) in [6.07, 6.45) is -10.3. The number of rotatable bonds is 4. The second-order valence-corrected chi connectivity index (χ2v) is 6.80. The van der Waals surface area contributed by atoms with Crippen molar-refractivity contribution in [3.8, 4) is 0 Å². The molecule has 0 radical (unpaired) electrons. The highest BCUT2D eigenvalue weighted by molar-refractivity contribution is 9.09. The molecule has 2 rings (SSSR count). The lowest BCUT2D eigenvalue weighted by Gasteiger charge is -2.11. The van der Waals surface area contributed by atoms with Crippen LogP contribution >= 0.6 is 31.9 Å². The molecule has 2 nitrogen and oxygen atoms in total. The average molecular weight is 606 g/mol. The normalized spacial score (nSPS) is 11.6. The van der Waals surface area contributed by atoms with Crippen molar-refractivity contribution in [1.29, 1.82) is 0 Å². The van der Waals surface area contributed by atoms with Crippen LogP contribution in [-0.2, 0) is 12.4 Å². The van der Waals surface area contributed by atoms with Crippen molar-refractivity contribution in [2.24, 2.45) is 0 Å². The largest absolute Gasteiger partial charge is 0.422 e. The maximum absolute atomic E-state index is 13.3. The summed E-state index contributed by atoms with van der Waals surface area (Å²) in [7, 11) is 0. The Kier molecular flexibility index (Phi) is 9.45. The zero-order valence-corrected chi connectivity index (χ0v) is 18.2. The predicted molar refractivity (Wildman–Crippen MR) is 99.0 cm³/mol. The molecule has 0 saturated heterocycles. The molecule has 0 aromatic heterocycles. The Morgan fingerprint density at radius 2 is 0.906 bits per heavy atom. The van der Waals surface area contributed by atoms with E-state index in [-0.39, 0.29) is 10.7 Å². The van der Waals surface area contributed by atoms with Gasteiger partial charge in [0.15, 0.2) is 11.6 Å². The first-order valence-corrected chi connectivity index (χ1v) is 10.1. The van der Waals surface area contributed by atoms with Crippen molar-refractivity contribution in [2.45, 2.75) is 12.4 Å². The molecule has 2 aromatic rings. The molecule has 0 saturated carbocycles. The molecule has 0 spiro atoms. The van der Waals surface area contributed by atoms with Crippen LogP contribution in [0.2, 0.25) is 0 Å². The quantitative estimate of drug-likeness (QED) is 0.211. The summed E-state index contributed by atoms with van der Waals surface area (Å²) in [5.41, 5.74) is -5.66. The van der Waals surface area contributed by atoms with Gasteiger partial charge < -0.3 is 0 Å². The maximum Gasteiger partial charge on any atom is 0.422 e. The number of hydrogen-bond acceptors (Lipinski definition) is 2. The van der Waals surface area contributed by atoms with E-state index >= 15 is 0 Å². The fourth-order valence-corrected chi connectivity index (χ4v) is 2.80. The zero-order chi connectivity index (χ0) is 25.0. The van der Waals surface area contributed by atoms with Crippen molar-refractivity contribution in [1.82, 2.24) is 0 Å². The van der Waals surface area contributed by atoms with Gasteiger partial charge in [-0.25, -0.2) is 17.6 Å². The first-order chi connectivity index (χ1) is 14.6. The molecule has 0 fully saturated rings. The van der Waals surface area contributed by atoms with Gasteiger partial charge in [-0.15, -0.1) is 0 Å². The molecular weight excluding hydrogens is 598 g/mol. The smallest absolute Gasteiger partial charge is 0.293 e. The van der Waals surface area contributed by atoms with E-state index in [4.69, 9.17) is 0 Å². The lowest BCUT2D eigenvalue weighted by molar-refractivity contribution is -0.143. The number of halogens is 12. The summed E-state index contributed by atoms with van der Waals surface area (Å²) in [4.78, 5) is 22.1. The molecule has 0 atom stereocenters. The SMILES string of the molecule is O=C(CBr)c1ccc(F)c(C(F)(F)F)c1F.O=C(CBr)c1ccc(F)c(C(F)(F)F)c1F. The Morgan fingerprint density at radius 3 is 1.12 bits per heavy atom. The summed E-state index contributed by atoms with van der Waals surface area (Å²) in [6, 6.07) is 2.20. The van der Waals surface area contributed by atoms with Crippen LogP contribution in [0.25, 0.3) is 0 Å². The number of alkyl halides is 8. The molecule has 0 amide bonds. The van der Waals surface area contributed by atoms with Gasteiger partial charge in [-0.05, 0) is 24.3 Å². The zero-order valence-electron chi connectivity index (χ0n) is 15.1. The summed E-state index contributed by atoms with van der Waals surface area (Å²) in [6.45, 7) is 0. The van der Waals surface area contributed by atoms with Crippen LogP contribution in [0, 0.1) is 23.3 Å². The Bertz CT molecular complexity index is 935. The lowest BCUT2D eigenvalue weighted by atomic mass is 10.1. The fraction of sp³-hybridized carbons (Fsp3) is 0.222. The Morgan fingerprint density at radius 1 is 0.625 bits per heavy atom. The molecule has 0 aliphatic heterocycles. The number of hydrogen-bond donors (Lipinski definition) is 0. The minimum absolute atomic E-state index is 0.340. The standard InChI is InChI=1S/2C9H4BrF5O/c2*10-3-6(16)4-1-2-5(11)7(8(4)12)9(13,14)15/h2*1-2H,3H2. The third kappa shape index (κ3) is 6.53. The van der Waals surface area contributed by atoms with E-state index in [0.717, 1.165) is 0 Å². The third-order valence-corrected chi connectivity index (χ3v) is 4.61. The van der Waals surface area contributed by atoms with Gasteiger partial charge in [0.2, 0.25) is 0 Å². The van der Waals surface area contributed by atoms with E-state index in [9.17, 15) is 53.5 Å². The molecule has 0 N–H and O–H groups in total. The molecule has 0 heterocycles. The topological polar surface area (TPSA) is 34.1 Å². The maximum atomic E-state index is 13.3. The second-order valence-electron chi connectivity index (χ2n) is 5.68. The van der Waals surface area contributed by atoms with Crippen molar-refractivity contribution >= 4 is 43.4 Å². The number of carbonyl (C=O) groups excluding carboxylic acids is 2. The van der Waals surface area contributed by atoms with Gasteiger partial charge in [0.25, 0.3) is 0 Å². The minimum Gasteiger partial charge on any atom is -0.293 e. The Labute approximate surface area is 189 Å². The predicted octanol–water partition coefficient (Wildman–Crippen LogP) is 7.12. The van der Waals surface area contributed by atoms with Crippen LogP contribution in [-0.4, -0.2) is 22.2 Å². The lowest BCUT2D eigenvalue weighted by Crippen LogP contribution is -2.15. The van der Waals surface area contributed by atoms with Crippen molar-refractivity contribution in [2.75, 3.05) is 10.7 Å². The first kappa shape index (κ1) is 28.1. The van der Waals surface area contributed by atoms with E-state index < -0.39 is 69.4 Å². The Hall–Kier alpha value is -1.96. The molecule has 0 bridgehead atoms. The summed E-state index contributed by atoms with van der Waals surface area (Å²) in [5, 5.41) is -0.681. The summed E-state index contributed by atoms with van der Waals surface area (Å²) in [5.74, 6) is -9.01. The highest BCUT2D eigenvalue weighted by Crippen LogP contribution is 2.35. The molecule has 0 aliphatic carbocycles. The first-order valence-electron chi connectivity index (χ1n) is 7.86. The Balaban J connectivity index is 0.000000320. The van der Waals surface area contributed by atoms with Crippen LogP contribution in [0.1, 0.15) is 31.8 Å². The van der Waals surface area contributed by atoms with E-state index in [0.29, 0.717) is 24.3 Å². The van der Waals surface area contributed by atoms with Crippen molar-refractivity contribution in [3.63, 3.8) is 0 Å². The molecule has 176 valence electrons. The van der Waals surface area contributed by atoms with Gasteiger partial charge in [0.05, 0.1) is 21.8 Å². The molecule has 32 heavy (non-hydrogen) atoms. The van der Waals surface area contributed by atoms with Crippen LogP contribution < -0.4 is 0 Å².